The molecule has 0 atom stereocenters. The van der Waals surface area contributed by atoms with E-state index in [1.807, 2.05) is 0 Å². The van der Waals surface area contributed by atoms with Crippen molar-refractivity contribution < 1.29 is 108 Å². The summed E-state index contributed by atoms with van der Waals surface area (Å²) in [5.41, 5.74) is 0. The van der Waals surface area contributed by atoms with Gasteiger partial charge in [0.2, 0.25) is 0 Å². The number of hydrogen-bond acceptors (Lipinski definition) is 0. The molecule has 0 aliphatic heterocycles. The minimum atomic E-state index is 0. The van der Waals surface area contributed by atoms with E-state index in [0.29, 0.717) is 0 Å². The van der Waals surface area contributed by atoms with Gasteiger partial charge < -0.3 is 0 Å². The normalized spacial score (nSPS) is 0. The molecule has 0 unspecified atom stereocenters. The van der Waals surface area contributed by atoms with Crippen LogP contribution in [-0.4, -0.2) is 0 Å². The van der Waals surface area contributed by atoms with E-state index >= 15 is 0 Å². The van der Waals surface area contributed by atoms with Gasteiger partial charge in [-0.15, -0.1) is 0 Å². The van der Waals surface area contributed by atoms with Crippen LogP contribution in [0.5, 0.6) is 0 Å². The molecule has 0 aliphatic carbocycles. The van der Waals surface area contributed by atoms with Crippen LogP contribution in [0.15, 0.2) is 0 Å². The van der Waals surface area contributed by atoms with Crippen molar-refractivity contribution in [2.45, 2.75) is 0 Å². The maximum Gasteiger partial charge on any atom is 0 e. The Balaban J connectivity index is 0. The SMILES string of the molecule is [Hf].[Ni].[Ni].[Ni].[Ni].[Ni]. The third-order valence-electron chi connectivity index (χ3n) is 0. The van der Waals surface area contributed by atoms with Crippen molar-refractivity contribution in [1.82, 2.24) is 0 Å². The van der Waals surface area contributed by atoms with Crippen LogP contribution in [0.3, 0.4) is 0 Å². The van der Waals surface area contributed by atoms with Crippen molar-refractivity contribution in [3.63, 3.8) is 0 Å². The van der Waals surface area contributed by atoms with E-state index in [-0.39, 0.29) is 108 Å². The molecule has 0 amide bonds. The molecule has 0 bridgehead atoms. The van der Waals surface area contributed by atoms with Crippen molar-refractivity contribution in [2.75, 3.05) is 0 Å². The second-order valence-corrected chi connectivity index (χ2v) is 0. The summed E-state index contributed by atoms with van der Waals surface area (Å²) in [6.45, 7) is 0. The maximum absolute atomic E-state index is 0. The van der Waals surface area contributed by atoms with Crippen molar-refractivity contribution >= 4 is 0 Å². The van der Waals surface area contributed by atoms with Gasteiger partial charge in [-0.1, -0.05) is 0 Å². The molecule has 0 aromatic carbocycles. The fourth-order valence-electron chi connectivity index (χ4n) is 0. The first-order valence-corrected chi connectivity index (χ1v) is 0. The van der Waals surface area contributed by atoms with Crippen molar-refractivity contribution in [1.29, 1.82) is 0 Å². The summed E-state index contributed by atoms with van der Waals surface area (Å²) < 4.78 is 0. The Morgan fingerprint density at radius 2 is 0.333 bits per heavy atom. The van der Waals surface area contributed by atoms with Gasteiger partial charge in [-0.25, -0.2) is 0 Å². The summed E-state index contributed by atoms with van der Waals surface area (Å²) in [6, 6.07) is 0. The Kier molecular flexibility index (Phi) is 391. The van der Waals surface area contributed by atoms with Gasteiger partial charge in [0.25, 0.3) is 0 Å². The average molecular weight is 472 g/mol. The third-order valence-corrected chi connectivity index (χ3v) is 0. The summed E-state index contributed by atoms with van der Waals surface area (Å²) in [4.78, 5) is 0. The van der Waals surface area contributed by atoms with E-state index in [1.165, 1.54) is 0 Å². The predicted octanol–water partition coefficient (Wildman–Crippen LogP) is -0.0150. The molecule has 54 valence electrons. The number of rotatable bonds is 0. The fraction of sp³-hybridized carbons (Fsp3) is 0. The zero-order valence-corrected chi connectivity index (χ0v) is 10.6. The molecule has 0 fully saturated rings. The van der Waals surface area contributed by atoms with Crippen LogP contribution in [0.4, 0.5) is 0 Å². The minimum absolute atomic E-state index is 0. The predicted molar refractivity (Wildman–Crippen MR) is 0 cm³/mol. The first-order valence-electron chi connectivity index (χ1n) is 0. The largest absolute Gasteiger partial charge is 0 e. The molecule has 0 nitrogen and oxygen atoms in total. The average Bonchev–Trinajstić information content (AvgIpc) is 0. The van der Waals surface area contributed by atoms with Crippen LogP contribution in [0, 0.1) is 0 Å². The summed E-state index contributed by atoms with van der Waals surface area (Å²) >= 11 is 0. The Labute approximate surface area is 107 Å². The van der Waals surface area contributed by atoms with Crippen molar-refractivity contribution in [3.8, 4) is 0 Å². The molecule has 0 heterocycles. The van der Waals surface area contributed by atoms with Crippen molar-refractivity contribution in [3.05, 3.63) is 0 Å². The van der Waals surface area contributed by atoms with Gasteiger partial charge in [0, 0.05) is 108 Å². The first kappa shape index (κ1) is 58.3. The van der Waals surface area contributed by atoms with Crippen LogP contribution in [0.1, 0.15) is 0 Å². The smallest absolute Gasteiger partial charge is 0 e. The van der Waals surface area contributed by atoms with Gasteiger partial charge in [0.05, 0.1) is 0 Å². The Hall–Kier alpha value is 3.34. The maximum atomic E-state index is 0. The van der Waals surface area contributed by atoms with Crippen molar-refractivity contribution in [2.24, 2.45) is 0 Å². The van der Waals surface area contributed by atoms with Crippen LogP contribution < -0.4 is 0 Å². The molecule has 0 aromatic rings. The summed E-state index contributed by atoms with van der Waals surface area (Å²) in [5, 5.41) is 0. The first-order chi connectivity index (χ1) is 0. The van der Waals surface area contributed by atoms with Crippen LogP contribution >= 0.6 is 0 Å². The van der Waals surface area contributed by atoms with Gasteiger partial charge in [-0.2, -0.15) is 0 Å². The molecule has 0 radical (unpaired) electrons. The van der Waals surface area contributed by atoms with E-state index < -0.39 is 0 Å². The van der Waals surface area contributed by atoms with Gasteiger partial charge >= 0.3 is 0 Å². The molecule has 6 heteroatoms. The molecular weight excluding hydrogens is 472 g/mol. The molecule has 0 spiro atoms. The summed E-state index contributed by atoms with van der Waals surface area (Å²) in [5.74, 6) is 0. The molecule has 0 rings (SSSR count). The second-order valence-electron chi connectivity index (χ2n) is 0. The summed E-state index contributed by atoms with van der Waals surface area (Å²) in [6.07, 6.45) is 0. The van der Waals surface area contributed by atoms with E-state index in [4.69, 9.17) is 0 Å². The zero-order valence-electron chi connectivity index (χ0n) is 2.08. The molecule has 6 heavy (non-hydrogen) atoms. The van der Waals surface area contributed by atoms with E-state index in [2.05, 4.69) is 0 Å². The topological polar surface area (TPSA) is 0 Å². The summed E-state index contributed by atoms with van der Waals surface area (Å²) in [7, 11) is 0. The standard InChI is InChI=1S/Hf.5Ni. The monoisotopic (exact) mass is 470 g/mol. The van der Waals surface area contributed by atoms with Gasteiger partial charge in [-0.05, 0) is 0 Å². The molecule has 0 aromatic heterocycles. The molecule has 0 N–H and O–H groups in total. The molecule has 0 aliphatic rings. The minimum Gasteiger partial charge on any atom is 0 e. The van der Waals surface area contributed by atoms with Crippen LogP contribution in [-0.2, 0) is 108 Å². The Morgan fingerprint density at radius 3 is 0.333 bits per heavy atom. The fourth-order valence-corrected chi connectivity index (χ4v) is 0. The van der Waals surface area contributed by atoms with Gasteiger partial charge in [0.15, 0.2) is 0 Å². The Morgan fingerprint density at radius 1 is 0.333 bits per heavy atom. The van der Waals surface area contributed by atoms with Crippen LogP contribution in [0.25, 0.3) is 0 Å². The molecular formula is HfNi5. The van der Waals surface area contributed by atoms with E-state index in [1.54, 1.807) is 0 Å². The van der Waals surface area contributed by atoms with Crippen LogP contribution in [0.2, 0.25) is 0 Å². The Bertz CT molecular complexity index is 3.90. The van der Waals surface area contributed by atoms with E-state index in [0.717, 1.165) is 0 Å². The second kappa shape index (κ2) is 40.3. The molecule has 0 saturated carbocycles. The third kappa shape index (κ3) is 26.5. The van der Waals surface area contributed by atoms with Gasteiger partial charge in [-0.3, -0.25) is 0 Å². The number of hydrogen-bond donors (Lipinski definition) is 0. The van der Waals surface area contributed by atoms with Gasteiger partial charge in [0.1, 0.15) is 0 Å². The van der Waals surface area contributed by atoms with E-state index in [9.17, 15) is 0 Å². The zero-order chi connectivity index (χ0) is 0. The molecule has 0 saturated heterocycles. The quantitative estimate of drug-likeness (QED) is 0.436.